The number of rotatable bonds is 6. The number of halogens is 1. The third kappa shape index (κ3) is 4.22. The number of hydrogen-bond donors (Lipinski definition) is 0. The monoisotopic (exact) mass is 347 g/mol. The van der Waals surface area contributed by atoms with Crippen LogP contribution in [0.15, 0.2) is 54.6 Å². The average molecular weight is 347 g/mol. The van der Waals surface area contributed by atoms with Crippen LogP contribution in [0.5, 0.6) is 0 Å². The first kappa shape index (κ1) is 17.1. The van der Waals surface area contributed by atoms with E-state index < -0.39 is 10.0 Å². The SMILES string of the molecule is O=S(=O)(CCc1ccccc1)N1CCCC1Cc1ccc(F)cc1. The molecule has 1 aliphatic heterocycles. The lowest BCUT2D eigenvalue weighted by Gasteiger charge is -2.24. The third-order valence-corrected chi connectivity index (χ3v) is 6.47. The zero-order valence-corrected chi connectivity index (χ0v) is 14.4. The van der Waals surface area contributed by atoms with Crippen LogP contribution in [0.3, 0.4) is 0 Å². The fourth-order valence-corrected chi connectivity index (χ4v) is 5.05. The van der Waals surface area contributed by atoms with Crippen molar-refractivity contribution in [2.24, 2.45) is 0 Å². The van der Waals surface area contributed by atoms with Gasteiger partial charge in [-0.2, -0.15) is 4.31 Å². The summed E-state index contributed by atoms with van der Waals surface area (Å²) in [5.74, 6) is -0.130. The first-order valence-electron chi connectivity index (χ1n) is 8.32. The zero-order valence-electron chi connectivity index (χ0n) is 13.6. The van der Waals surface area contributed by atoms with Crippen molar-refractivity contribution in [1.29, 1.82) is 0 Å². The minimum absolute atomic E-state index is 0.0174. The molecule has 1 heterocycles. The van der Waals surface area contributed by atoms with E-state index in [9.17, 15) is 12.8 Å². The van der Waals surface area contributed by atoms with E-state index in [1.165, 1.54) is 12.1 Å². The van der Waals surface area contributed by atoms with E-state index in [1.807, 2.05) is 30.3 Å². The van der Waals surface area contributed by atoms with Crippen LogP contribution in [0.2, 0.25) is 0 Å². The largest absolute Gasteiger partial charge is 0.214 e. The van der Waals surface area contributed by atoms with Crippen LogP contribution in [0.25, 0.3) is 0 Å². The maximum absolute atomic E-state index is 13.0. The van der Waals surface area contributed by atoms with Crippen molar-refractivity contribution < 1.29 is 12.8 Å². The fourth-order valence-electron chi connectivity index (χ4n) is 3.28. The van der Waals surface area contributed by atoms with E-state index in [1.54, 1.807) is 16.4 Å². The fraction of sp³-hybridized carbons (Fsp3) is 0.368. The molecule has 0 bridgehead atoms. The van der Waals surface area contributed by atoms with Crippen molar-refractivity contribution >= 4 is 10.0 Å². The molecule has 128 valence electrons. The number of sulfonamides is 1. The highest BCUT2D eigenvalue weighted by atomic mass is 32.2. The molecule has 0 saturated carbocycles. The van der Waals surface area contributed by atoms with Gasteiger partial charge in [0.2, 0.25) is 10.0 Å². The molecule has 2 aromatic rings. The predicted octanol–water partition coefficient (Wildman–Crippen LogP) is 3.41. The topological polar surface area (TPSA) is 37.4 Å². The van der Waals surface area contributed by atoms with Crippen molar-refractivity contribution in [2.45, 2.75) is 31.7 Å². The molecule has 1 aliphatic rings. The summed E-state index contributed by atoms with van der Waals surface area (Å²) in [6.45, 7) is 0.586. The average Bonchev–Trinajstić information content (AvgIpc) is 3.05. The van der Waals surface area contributed by atoms with Crippen molar-refractivity contribution in [3.05, 3.63) is 71.5 Å². The molecule has 0 aromatic heterocycles. The van der Waals surface area contributed by atoms with Gasteiger partial charge in [0.1, 0.15) is 5.82 Å². The van der Waals surface area contributed by atoms with Crippen LogP contribution in [0.1, 0.15) is 24.0 Å². The van der Waals surface area contributed by atoms with Crippen LogP contribution in [0.4, 0.5) is 4.39 Å². The molecule has 3 nitrogen and oxygen atoms in total. The Labute approximate surface area is 143 Å². The Morgan fingerprint density at radius 2 is 1.71 bits per heavy atom. The maximum atomic E-state index is 13.0. The Balaban J connectivity index is 1.66. The van der Waals surface area contributed by atoms with Gasteiger partial charge in [-0.15, -0.1) is 0 Å². The minimum atomic E-state index is -3.28. The smallest absolute Gasteiger partial charge is 0.212 e. The lowest BCUT2D eigenvalue weighted by molar-refractivity contribution is 0.385. The molecule has 0 aliphatic carbocycles. The second-order valence-corrected chi connectivity index (χ2v) is 8.33. The molecule has 1 fully saturated rings. The van der Waals surface area contributed by atoms with E-state index in [4.69, 9.17) is 0 Å². The molecule has 1 unspecified atom stereocenters. The zero-order chi connectivity index (χ0) is 17.0. The van der Waals surface area contributed by atoms with Crippen LogP contribution < -0.4 is 0 Å². The minimum Gasteiger partial charge on any atom is -0.212 e. The van der Waals surface area contributed by atoms with Crippen LogP contribution >= 0.6 is 0 Å². The molecule has 1 saturated heterocycles. The summed E-state index contributed by atoms with van der Waals surface area (Å²) >= 11 is 0. The van der Waals surface area contributed by atoms with Gasteiger partial charge in [0.25, 0.3) is 0 Å². The van der Waals surface area contributed by atoms with Gasteiger partial charge in [0.15, 0.2) is 0 Å². The second kappa shape index (κ2) is 7.45. The van der Waals surface area contributed by atoms with E-state index in [2.05, 4.69) is 0 Å². The van der Waals surface area contributed by atoms with Gasteiger partial charge in [-0.05, 0) is 48.9 Å². The van der Waals surface area contributed by atoms with Crippen molar-refractivity contribution in [1.82, 2.24) is 4.31 Å². The molecule has 0 N–H and O–H groups in total. The molecule has 2 aromatic carbocycles. The summed E-state index contributed by atoms with van der Waals surface area (Å²) in [5.41, 5.74) is 2.02. The molecule has 24 heavy (non-hydrogen) atoms. The normalized spacial score (nSPS) is 18.8. The summed E-state index contributed by atoms with van der Waals surface area (Å²) < 4.78 is 40.1. The lowest BCUT2D eigenvalue weighted by Crippen LogP contribution is -2.38. The molecule has 0 spiro atoms. The highest BCUT2D eigenvalue weighted by Crippen LogP contribution is 2.25. The number of benzene rings is 2. The molecule has 3 rings (SSSR count). The lowest BCUT2D eigenvalue weighted by atomic mass is 10.0. The van der Waals surface area contributed by atoms with Crippen molar-refractivity contribution in [3.63, 3.8) is 0 Å². The van der Waals surface area contributed by atoms with Gasteiger partial charge in [0, 0.05) is 12.6 Å². The van der Waals surface area contributed by atoms with E-state index in [0.29, 0.717) is 19.4 Å². The standard InChI is InChI=1S/C19H22FNO2S/c20-18-10-8-17(9-11-18)15-19-7-4-13-21(19)24(22,23)14-12-16-5-2-1-3-6-16/h1-3,5-6,8-11,19H,4,7,12-15H2. The van der Waals surface area contributed by atoms with Gasteiger partial charge in [-0.25, -0.2) is 12.8 Å². The number of nitrogens with zero attached hydrogens (tertiary/aromatic N) is 1. The van der Waals surface area contributed by atoms with Crippen LogP contribution in [-0.2, 0) is 22.9 Å². The highest BCUT2D eigenvalue weighted by molar-refractivity contribution is 7.89. The summed E-state index contributed by atoms with van der Waals surface area (Å²) in [7, 11) is -3.28. The Bertz CT molecular complexity index is 760. The first-order chi connectivity index (χ1) is 11.5. The van der Waals surface area contributed by atoms with E-state index >= 15 is 0 Å². The molecule has 0 amide bonds. The highest BCUT2D eigenvalue weighted by Gasteiger charge is 2.33. The number of aryl methyl sites for hydroxylation is 1. The molecule has 5 heteroatoms. The third-order valence-electron chi connectivity index (χ3n) is 4.56. The number of hydrogen-bond acceptors (Lipinski definition) is 2. The van der Waals surface area contributed by atoms with E-state index in [0.717, 1.165) is 24.0 Å². The molecule has 0 radical (unpaired) electrons. The molecular formula is C19H22FNO2S. The second-order valence-electron chi connectivity index (χ2n) is 6.29. The predicted molar refractivity (Wildman–Crippen MR) is 93.8 cm³/mol. The van der Waals surface area contributed by atoms with Crippen LogP contribution in [-0.4, -0.2) is 31.1 Å². The summed E-state index contributed by atoms with van der Waals surface area (Å²) in [6, 6.07) is 16.0. The van der Waals surface area contributed by atoms with E-state index in [-0.39, 0.29) is 17.6 Å². The summed E-state index contributed by atoms with van der Waals surface area (Å²) in [6.07, 6.45) is 2.92. The van der Waals surface area contributed by atoms with Crippen molar-refractivity contribution in [2.75, 3.05) is 12.3 Å². The molecular weight excluding hydrogens is 325 g/mol. The summed E-state index contributed by atoms with van der Waals surface area (Å²) in [4.78, 5) is 0. The van der Waals surface area contributed by atoms with Gasteiger partial charge < -0.3 is 0 Å². The van der Waals surface area contributed by atoms with Gasteiger partial charge in [-0.1, -0.05) is 42.5 Å². The summed E-state index contributed by atoms with van der Waals surface area (Å²) in [5, 5.41) is 0. The van der Waals surface area contributed by atoms with Gasteiger partial charge in [-0.3, -0.25) is 0 Å². The van der Waals surface area contributed by atoms with Gasteiger partial charge >= 0.3 is 0 Å². The first-order valence-corrected chi connectivity index (χ1v) is 9.93. The quantitative estimate of drug-likeness (QED) is 0.803. The Kier molecular flexibility index (Phi) is 5.31. The Hall–Kier alpha value is -1.72. The maximum Gasteiger partial charge on any atom is 0.214 e. The van der Waals surface area contributed by atoms with Gasteiger partial charge in [0.05, 0.1) is 5.75 Å². The Morgan fingerprint density at radius 1 is 1.00 bits per heavy atom. The molecule has 1 atom stereocenters. The van der Waals surface area contributed by atoms with Crippen molar-refractivity contribution in [3.8, 4) is 0 Å². The van der Waals surface area contributed by atoms with Crippen LogP contribution in [0, 0.1) is 5.82 Å². The Morgan fingerprint density at radius 3 is 2.42 bits per heavy atom.